The summed E-state index contributed by atoms with van der Waals surface area (Å²) < 4.78 is 5.16. The van der Waals surface area contributed by atoms with Gasteiger partial charge >= 0.3 is 0 Å². The van der Waals surface area contributed by atoms with Crippen LogP contribution in [0.4, 0.5) is 5.69 Å². The predicted molar refractivity (Wildman–Crippen MR) is 105 cm³/mol. The lowest BCUT2D eigenvalue weighted by molar-refractivity contribution is 0.414. The fraction of sp³-hybridized carbons (Fsp3) is 0.263. The minimum Gasteiger partial charge on any atom is -0.497 e. The molecule has 0 aliphatic carbocycles. The maximum absolute atomic E-state index is 5.28. The van der Waals surface area contributed by atoms with Crippen LogP contribution < -0.4 is 15.5 Å². The van der Waals surface area contributed by atoms with Crippen molar-refractivity contribution < 1.29 is 4.74 Å². The maximum Gasteiger partial charge on any atom is 0.191 e. The number of hydrogen-bond donors (Lipinski definition) is 2. The number of anilines is 1. The number of benzene rings is 2. The molecule has 0 aromatic heterocycles. The summed E-state index contributed by atoms with van der Waals surface area (Å²) in [6.45, 7) is 6.13. The normalized spacial score (nSPS) is 11.1. The lowest BCUT2D eigenvalue weighted by Crippen LogP contribution is -2.25. The Morgan fingerprint density at radius 1 is 1.08 bits per heavy atom. The zero-order valence-corrected chi connectivity index (χ0v) is 15.3. The molecule has 0 unspecified atom stereocenters. The highest BCUT2D eigenvalue weighted by Crippen LogP contribution is 2.14. The number of hydrogen-bond acceptors (Lipinski definition) is 3. The second kappa shape index (κ2) is 8.45. The van der Waals surface area contributed by atoms with Gasteiger partial charge in [0.2, 0.25) is 0 Å². The van der Waals surface area contributed by atoms with Gasteiger partial charge < -0.3 is 10.1 Å². The molecular weight excluding hydrogens is 318 g/mol. The standard InChI is InChI=1S/C19H23N3OS/c1-13-5-8-17(11-14(13)2)20-19(24)22-21-15(3)12-16-6-9-18(23-4)10-7-16/h5-11H,12H2,1-4H3,(H2,20,22,24). The van der Waals surface area contributed by atoms with Gasteiger partial charge in [0.25, 0.3) is 0 Å². The van der Waals surface area contributed by atoms with Crippen molar-refractivity contribution in [2.45, 2.75) is 27.2 Å². The molecule has 0 saturated heterocycles. The van der Waals surface area contributed by atoms with Gasteiger partial charge in [0.1, 0.15) is 5.75 Å². The van der Waals surface area contributed by atoms with Crippen molar-refractivity contribution in [3.05, 3.63) is 59.2 Å². The highest BCUT2D eigenvalue weighted by molar-refractivity contribution is 7.80. The number of nitrogens with zero attached hydrogens (tertiary/aromatic N) is 1. The van der Waals surface area contributed by atoms with E-state index in [1.165, 1.54) is 16.7 Å². The maximum atomic E-state index is 5.28. The molecule has 0 aliphatic rings. The number of hydrazone groups is 1. The Morgan fingerprint density at radius 2 is 1.79 bits per heavy atom. The van der Waals surface area contributed by atoms with E-state index < -0.39 is 0 Å². The lowest BCUT2D eigenvalue weighted by atomic mass is 10.1. The van der Waals surface area contributed by atoms with Crippen LogP contribution >= 0.6 is 12.2 Å². The van der Waals surface area contributed by atoms with E-state index in [-0.39, 0.29) is 0 Å². The third-order valence-corrected chi connectivity index (χ3v) is 3.93. The van der Waals surface area contributed by atoms with E-state index in [0.29, 0.717) is 5.11 Å². The summed E-state index contributed by atoms with van der Waals surface area (Å²) in [5, 5.41) is 7.95. The van der Waals surface area contributed by atoms with Crippen molar-refractivity contribution in [1.29, 1.82) is 0 Å². The Hall–Kier alpha value is -2.40. The van der Waals surface area contributed by atoms with Gasteiger partial charge in [-0.3, -0.25) is 5.43 Å². The summed E-state index contributed by atoms with van der Waals surface area (Å²) in [6.07, 6.45) is 0.753. The van der Waals surface area contributed by atoms with Crippen LogP contribution in [0, 0.1) is 13.8 Å². The quantitative estimate of drug-likeness (QED) is 0.486. The van der Waals surface area contributed by atoms with Gasteiger partial charge in [-0.1, -0.05) is 18.2 Å². The van der Waals surface area contributed by atoms with E-state index in [0.717, 1.165) is 23.6 Å². The van der Waals surface area contributed by atoms with Crippen LogP contribution in [0.1, 0.15) is 23.6 Å². The number of ether oxygens (including phenoxy) is 1. The molecule has 0 amide bonds. The monoisotopic (exact) mass is 341 g/mol. The molecule has 2 N–H and O–H groups in total. The van der Waals surface area contributed by atoms with Gasteiger partial charge in [0.15, 0.2) is 5.11 Å². The van der Waals surface area contributed by atoms with Crippen LogP contribution in [0.15, 0.2) is 47.6 Å². The number of methoxy groups -OCH3 is 1. The summed E-state index contributed by atoms with van der Waals surface area (Å²) in [6, 6.07) is 14.1. The van der Waals surface area contributed by atoms with Crippen LogP contribution in [-0.2, 0) is 6.42 Å². The average Bonchev–Trinajstić information content (AvgIpc) is 2.57. The van der Waals surface area contributed by atoms with Crippen molar-refractivity contribution in [3.8, 4) is 5.75 Å². The Kier molecular flexibility index (Phi) is 6.32. The highest BCUT2D eigenvalue weighted by Gasteiger charge is 2.01. The zero-order chi connectivity index (χ0) is 17.5. The number of rotatable bonds is 5. The van der Waals surface area contributed by atoms with E-state index in [1.807, 2.05) is 37.3 Å². The second-order valence-electron chi connectivity index (χ2n) is 5.74. The molecule has 0 fully saturated rings. The Morgan fingerprint density at radius 3 is 2.42 bits per heavy atom. The van der Waals surface area contributed by atoms with Crippen LogP contribution in [0.25, 0.3) is 0 Å². The average molecular weight is 341 g/mol. The highest BCUT2D eigenvalue weighted by atomic mass is 32.1. The predicted octanol–water partition coefficient (Wildman–Crippen LogP) is 4.22. The van der Waals surface area contributed by atoms with Crippen molar-refractivity contribution in [2.75, 3.05) is 12.4 Å². The molecular formula is C19H23N3OS. The van der Waals surface area contributed by atoms with Gasteiger partial charge in [0, 0.05) is 17.8 Å². The summed E-state index contributed by atoms with van der Waals surface area (Å²) in [5.41, 5.74) is 8.45. The molecule has 2 rings (SSSR count). The first-order valence-electron chi connectivity index (χ1n) is 7.78. The first-order chi connectivity index (χ1) is 11.5. The van der Waals surface area contributed by atoms with Crippen molar-refractivity contribution in [3.63, 3.8) is 0 Å². The first-order valence-corrected chi connectivity index (χ1v) is 8.19. The molecule has 2 aromatic carbocycles. The summed E-state index contributed by atoms with van der Waals surface area (Å²) in [4.78, 5) is 0. The summed E-state index contributed by atoms with van der Waals surface area (Å²) in [7, 11) is 1.66. The van der Waals surface area contributed by atoms with E-state index in [1.54, 1.807) is 7.11 Å². The van der Waals surface area contributed by atoms with Crippen LogP contribution in [0.5, 0.6) is 5.75 Å². The fourth-order valence-electron chi connectivity index (χ4n) is 2.20. The van der Waals surface area contributed by atoms with E-state index in [4.69, 9.17) is 17.0 Å². The smallest absolute Gasteiger partial charge is 0.191 e. The van der Waals surface area contributed by atoms with Gasteiger partial charge in [-0.05, 0) is 73.9 Å². The molecule has 0 radical (unpaired) electrons. The number of thiocarbonyl (C=S) groups is 1. The molecule has 0 aliphatic heterocycles. The molecule has 0 spiro atoms. The third-order valence-electron chi connectivity index (χ3n) is 3.73. The van der Waals surface area contributed by atoms with Gasteiger partial charge in [-0.25, -0.2) is 0 Å². The Labute approximate surface area is 148 Å². The molecule has 126 valence electrons. The number of nitrogens with one attached hydrogen (secondary N) is 2. The minimum absolute atomic E-state index is 0.479. The van der Waals surface area contributed by atoms with E-state index >= 15 is 0 Å². The fourth-order valence-corrected chi connectivity index (χ4v) is 2.37. The van der Waals surface area contributed by atoms with Crippen LogP contribution in [-0.4, -0.2) is 17.9 Å². The topological polar surface area (TPSA) is 45.6 Å². The molecule has 0 bridgehead atoms. The SMILES string of the molecule is COc1ccc(CC(C)=NNC(=S)Nc2ccc(C)c(C)c2)cc1. The molecule has 4 nitrogen and oxygen atoms in total. The summed E-state index contributed by atoms with van der Waals surface area (Å²) >= 11 is 5.28. The van der Waals surface area contributed by atoms with Crippen molar-refractivity contribution in [1.82, 2.24) is 5.43 Å². The zero-order valence-electron chi connectivity index (χ0n) is 14.5. The summed E-state index contributed by atoms with van der Waals surface area (Å²) in [5.74, 6) is 0.852. The molecule has 5 heteroatoms. The molecule has 0 saturated carbocycles. The van der Waals surface area contributed by atoms with Gasteiger partial charge in [0.05, 0.1) is 7.11 Å². The lowest BCUT2D eigenvalue weighted by Gasteiger charge is -2.10. The number of aryl methyl sites for hydroxylation is 2. The van der Waals surface area contributed by atoms with E-state index in [2.05, 4.69) is 41.8 Å². The van der Waals surface area contributed by atoms with Crippen molar-refractivity contribution >= 4 is 28.7 Å². The third kappa shape index (κ3) is 5.35. The van der Waals surface area contributed by atoms with Crippen LogP contribution in [0.3, 0.4) is 0 Å². The second-order valence-corrected chi connectivity index (χ2v) is 6.15. The van der Waals surface area contributed by atoms with Gasteiger partial charge in [-0.2, -0.15) is 5.10 Å². The molecule has 24 heavy (non-hydrogen) atoms. The Bertz CT molecular complexity index is 739. The largest absolute Gasteiger partial charge is 0.497 e. The van der Waals surface area contributed by atoms with Crippen LogP contribution in [0.2, 0.25) is 0 Å². The molecule has 2 aromatic rings. The minimum atomic E-state index is 0.479. The van der Waals surface area contributed by atoms with Gasteiger partial charge in [-0.15, -0.1) is 0 Å². The van der Waals surface area contributed by atoms with E-state index in [9.17, 15) is 0 Å². The Balaban J connectivity index is 1.88. The van der Waals surface area contributed by atoms with Crippen molar-refractivity contribution in [2.24, 2.45) is 5.10 Å². The first kappa shape index (κ1) is 17.9. The molecule has 0 atom stereocenters. The molecule has 0 heterocycles.